The van der Waals surface area contributed by atoms with Crippen molar-refractivity contribution in [3.05, 3.63) is 76.3 Å². The lowest BCUT2D eigenvalue weighted by Crippen LogP contribution is -2.15. The highest BCUT2D eigenvalue weighted by Gasteiger charge is 2.19. The summed E-state index contributed by atoms with van der Waals surface area (Å²) < 4.78 is 38.5. The second-order valence-corrected chi connectivity index (χ2v) is 8.80. The van der Waals surface area contributed by atoms with E-state index in [1.165, 1.54) is 44.6 Å². The van der Waals surface area contributed by atoms with Crippen molar-refractivity contribution in [2.45, 2.75) is 4.90 Å². The number of sulfonamides is 1. The summed E-state index contributed by atoms with van der Waals surface area (Å²) in [4.78, 5) is 12.5. The number of halogens is 2. The fraction of sp³-hybridized carbons (Fsp3) is 0.0952. The smallest absolute Gasteiger partial charge is 0.261 e. The third-order valence-corrected chi connectivity index (χ3v) is 6.17. The predicted molar refractivity (Wildman–Crippen MR) is 121 cm³/mol. The van der Waals surface area contributed by atoms with Crippen molar-refractivity contribution in [3.8, 4) is 11.5 Å². The molecule has 0 aromatic heterocycles. The topological polar surface area (TPSA) is 93.7 Å². The van der Waals surface area contributed by atoms with E-state index in [2.05, 4.69) is 10.0 Å². The number of rotatable bonds is 7. The van der Waals surface area contributed by atoms with Crippen LogP contribution in [0, 0.1) is 0 Å². The van der Waals surface area contributed by atoms with Crippen molar-refractivity contribution in [2.24, 2.45) is 0 Å². The molecule has 0 saturated heterocycles. The maximum Gasteiger partial charge on any atom is 0.261 e. The van der Waals surface area contributed by atoms with Gasteiger partial charge in [0, 0.05) is 10.6 Å². The van der Waals surface area contributed by atoms with Gasteiger partial charge in [0.2, 0.25) is 0 Å². The monoisotopic (exact) mass is 480 g/mol. The number of carbonyl (C=O) groups is 1. The minimum absolute atomic E-state index is 0.0772. The van der Waals surface area contributed by atoms with Gasteiger partial charge in [0.05, 0.1) is 35.5 Å². The summed E-state index contributed by atoms with van der Waals surface area (Å²) in [6.07, 6.45) is 0. The molecular weight excluding hydrogens is 463 g/mol. The minimum atomic E-state index is -3.98. The van der Waals surface area contributed by atoms with Gasteiger partial charge >= 0.3 is 0 Å². The molecule has 0 spiro atoms. The van der Waals surface area contributed by atoms with Crippen molar-refractivity contribution < 1.29 is 22.7 Å². The Kier molecular flexibility index (Phi) is 6.94. The predicted octanol–water partition coefficient (Wildman–Crippen LogP) is 5.06. The minimum Gasteiger partial charge on any atom is -0.495 e. The third kappa shape index (κ3) is 5.41. The van der Waals surface area contributed by atoms with Gasteiger partial charge in [-0.15, -0.1) is 0 Å². The molecule has 10 heteroatoms. The normalized spacial score (nSPS) is 11.0. The molecule has 3 aromatic rings. The van der Waals surface area contributed by atoms with Crippen LogP contribution in [0.25, 0.3) is 0 Å². The molecule has 31 heavy (non-hydrogen) atoms. The van der Waals surface area contributed by atoms with Gasteiger partial charge in [0.25, 0.3) is 15.9 Å². The Balaban J connectivity index is 1.88. The van der Waals surface area contributed by atoms with Gasteiger partial charge in [-0.3, -0.25) is 9.52 Å². The van der Waals surface area contributed by atoms with Crippen LogP contribution < -0.4 is 19.5 Å². The standard InChI is InChI=1S/C21H18Cl2N2O5S/c1-29-19-9-7-15(11-17(19)23)25-31(27,28)16-8-10-20(30-2)18(12-16)24-21(26)13-3-5-14(22)6-4-13/h3-12,25H,1-2H3,(H,24,26). The molecule has 0 aliphatic carbocycles. The Bertz CT molecular complexity index is 1210. The number of ether oxygens (including phenoxy) is 2. The molecule has 3 aromatic carbocycles. The zero-order valence-electron chi connectivity index (χ0n) is 16.5. The van der Waals surface area contributed by atoms with Gasteiger partial charge in [-0.05, 0) is 60.7 Å². The first kappa shape index (κ1) is 22.7. The van der Waals surface area contributed by atoms with E-state index >= 15 is 0 Å². The average Bonchev–Trinajstić information content (AvgIpc) is 2.74. The van der Waals surface area contributed by atoms with E-state index in [1.54, 1.807) is 30.3 Å². The summed E-state index contributed by atoms with van der Waals surface area (Å²) in [5.74, 6) is 0.273. The second kappa shape index (κ2) is 9.47. The molecule has 1 amide bonds. The quantitative estimate of drug-likeness (QED) is 0.492. The summed E-state index contributed by atoms with van der Waals surface area (Å²) in [6.45, 7) is 0. The van der Waals surface area contributed by atoms with E-state index in [0.29, 0.717) is 22.1 Å². The van der Waals surface area contributed by atoms with Crippen molar-refractivity contribution in [3.63, 3.8) is 0 Å². The molecule has 7 nitrogen and oxygen atoms in total. The summed E-state index contributed by atoms with van der Waals surface area (Å²) in [5.41, 5.74) is 0.803. The Morgan fingerprint density at radius 3 is 2.13 bits per heavy atom. The van der Waals surface area contributed by atoms with E-state index in [1.807, 2.05) is 0 Å². The fourth-order valence-electron chi connectivity index (χ4n) is 2.69. The SMILES string of the molecule is COc1ccc(NS(=O)(=O)c2ccc(OC)c(NC(=O)c3ccc(Cl)cc3)c2)cc1Cl. The lowest BCUT2D eigenvalue weighted by molar-refractivity contribution is 0.102. The molecule has 2 N–H and O–H groups in total. The van der Waals surface area contributed by atoms with E-state index < -0.39 is 15.9 Å². The highest BCUT2D eigenvalue weighted by atomic mass is 35.5. The Morgan fingerprint density at radius 2 is 1.52 bits per heavy atom. The highest BCUT2D eigenvalue weighted by molar-refractivity contribution is 7.92. The molecule has 0 aliphatic heterocycles. The van der Waals surface area contributed by atoms with E-state index in [4.69, 9.17) is 32.7 Å². The number of carbonyl (C=O) groups excluding carboxylic acids is 1. The summed E-state index contributed by atoms with van der Waals surface area (Å²) >= 11 is 11.9. The van der Waals surface area contributed by atoms with Crippen LogP contribution in [0.15, 0.2) is 65.6 Å². The molecule has 0 radical (unpaired) electrons. The lowest BCUT2D eigenvalue weighted by atomic mass is 10.2. The van der Waals surface area contributed by atoms with Crippen molar-refractivity contribution >= 4 is 50.5 Å². The summed E-state index contributed by atoms with van der Waals surface area (Å²) in [7, 11) is -1.10. The summed E-state index contributed by atoms with van der Waals surface area (Å²) in [5, 5.41) is 3.41. The third-order valence-electron chi connectivity index (χ3n) is 4.24. The Labute approximate surface area is 189 Å². The van der Waals surface area contributed by atoms with Gasteiger partial charge in [0.15, 0.2) is 0 Å². The number of hydrogen-bond acceptors (Lipinski definition) is 5. The fourth-order valence-corrected chi connectivity index (χ4v) is 4.15. The van der Waals surface area contributed by atoms with E-state index in [-0.39, 0.29) is 21.3 Å². The number of hydrogen-bond donors (Lipinski definition) is 2. The van der Waals surface area contributed by atoms with Gasteiger partial charge < -0.3 is 14.8 Å². The molecule has 0 heterocycles. The Morgan fingerprint density at radius 1 is 0.871 bits per heavy atom. The molecule has 3 rings (SSSR count). The Hall–Kier alpha value is -2.94. The summed E-state index contributed by atoms with van der Waals surface area (Å²) in [6, 6.07) is 14.9. The molecule has 0 atom stereocenters. The molecule has 0 saturated carbocycles. The average molecular weight is 481 g/mol. The molecule has 0 unspecified atom stereocenters. The van der Waals surface area contributed by atoms with E-state index in [9.17, 15) is 13.2 Å². The van der Waals surface area contributed by atoms with Crippen molar-refractivity contribution in [1.82, 2.24) is 0 Å². The molecule has 0 aliphatic rings. The van der Waals surface area contributed by atoms with Crippen LogP contribution in [-0.2, 0) is 10.0 Å². The number of amides is 1. The number of benzene rings is 3. The maximum absolute atomic E-state index is 12.9. The van der Waals surface area contributed by atoms with Crippen LogP contribution in [0.4, 0.5) is 11.4 Å². The first-order valence-corrected chi connectivity index (χ1v) is 11.1. The first-order valence-electron chi connectivity index (χ1n) is 8.85. The van der Waals surface area contributed by atoms with Gasteiger partial charge in [-0.25, -0.2) is 8.42 Å². The zero-order valence-corrected chi connectivity index (χ0v) is 18.8. The molecule has 162 valence electrons. The van der Waals surface area contributed by atoms with Crippen molar-refractivity contribution in [1.29, 1.82) is 0 Å². The molecular formula is C21H18Cl2N2O5S. The van der Waals surface area contributed by atoms with Crippen molar-refractivity contribution in [2.75, 3.05) is 24.3 Å². The maximum atomic E-state index is 12.9. The lowest BCUT2D eigenvalue weighted by Gasteiger charge is -2.14. The van der Waals surface area contributed by atoms with Crippen LogP contribution in [0.5, 0.6) is 11.5 Å². The first-order chi connectivity index (χ1) is 14.7. The largest absolute Gasteiger partial charge is 0.495 e. The van der Waals surface area contributed by atoms with Gasteiger partial charge in [-0.2, -0.15) is 0 Å². The molecule has 0 fully saturated rings. The number of nitrogens with one attached hydrogen (secondary N) is 2. The van der Waals surface area contributed by atoms with Crippen LogP contribution >= 0.6 is 23.2 Å². The van der Waals surface area contributed by atoms with Crippen LogP contribution in [0.1, 0.15) is 10.4 Å². The number of methoxy groups -OCH3 is 2. The molecule has 0 bridgehead atoms. The van der Waals surface area contributed by atoms with Crippen LogP contribution in [0.2, 0.25) is 10.0 Å². The second-order valence-electron chi connectivity index (χ2n) is 6.28. The number of anilines is 2. The van der Waals surface area contributed by atoms with Crippen LogP contribution in [-0.4, -0.2) is 28.5 Å². The van der Waals surface area contributed by atoms with Gasteiger partial charge in [0.1, 0.15) is 11.5 Å². The zero-order chi connectivity index (χ0) is 22.6. The highest BCUT2D eigenvalue weighted by Crippen LogP contribution is 2.31. The van der Waals surface area contributed by atoms with Gasteiger partial charge in [-0.1, -0.05) is 23.2 Å². The van der Waals surface area contributed by atoms with E-state index in [0.717, 1.165) is 0 Å². The van der Waals surface area contributed by atoms with Crippen LogP contribution in [0.3, 0.4) is 0 Å².